The van der Waals surface area contributed by atoms with Crippen LogP contribution in [0.15, 0.2) is 42.5 Å². The van der Waals surface area contributed by atoms with E-state index in [9.17, 15) is 4.79 Å². The number of amides is 1. The second-order valence-electron chi connectivity index (χ2n) is 4.79. The summed E-state index contributed by atoms with van der Waals surface area (Å²) in [5, 5.41) is 0.684. The molecule has 2 aromatic rings. The van der Waals surface area contributed by atoms with Gasteiger partial charge in [0.1, 0.15) is 6.61 Å². The lowest BCUT2D eigenvalue weighted by Crippen LogP contribution is -2.27. The molecule has 24 heavy (non-hydrogen) atoms. The SMILES string of the molecule is COc1cc(/C=C/C(=O)NN)cc(I)c1OCc1ccc(Cl)cc1. The molecular formula is C17H16ClIN2O3. The lowest BCUT2D eigenvalue weighted by Gasteiger charge is -2.13. The molecule has 0 unspecified atom stereocenters. The van der Waals surface area contributed by atoms with Crippen molar-refractivity contribution < 1.29 is 14.3 Å². The number of halogens is 2. The Kier molecular flexibility index (Phi) is 6.89. The summed E-state index contributed by atoms with van der Waals surface area (Å²) in [5.74, 6) is 5.90. The van der Waals surface area contributed by atoms with Crippen molar-refractivity contribution in [1.29, 1.82) is 0 Å². The molecule has 0 heterocycles. The highest BCUT2D eigenvalue weighted by molar-refractivity contribution is 14.1. The van der Waals surface area contributed by atoms with Crippen LogP contribution in [0.25, 0.3) is 6.08 Å². The van der Waals surface area contributed by atoms with E-state index in [2.05, 4.69) is 22.6 Å². The number of carbonyl (C=O) groups is 1. The molecule has 2 rings (SSSR count). The highest BCUT2D eigenvalue weighted by Gasteiger charge is 2.11. The van der Waals surface area contributed by atoms with Gasteiger partial charge in [0.05, 0.1) is 10.7 Å². The molecule has 0 aromatic heterocycles. The van der Waals surface area contributed by atoms with Crippen LogP contribution in [0.4, 0.5) is 0 Å². The molecule has 0 atom stereocenters. The quantitative estimate of drug-likeness (QED) is 0.228. The first-order chi connectivity index (χ1) is 11.5. The van der Waals surface area contributed by atoms with E-state index >= 15 is 0 Å². The average molecular weight is 459 g/mol. The van der Waals surface area contributed by atoms with Crippen LogP contribution in [0.3, 0.4) is 0 Å². The summed E-state index contributed by atoms with van der Waals surface area (Å²) in [4.78, 5) is 11.2. The lowest BCUT2D eigenvalue weighted by atomic mass is 10.2. The number of ether oxygens (including phenoxy) is 2. The molecule has 0 radical (unpaired) electrons. The Hall–Kier alpha value is -1.77. The predicted molar refractivity (Wildman–Crippen MR) is 103 cm³/mol. The molecule has 0 fully saturated rings. The predicted octanol–water partition coefficient (Wildman–Crippen LogP) is 3.54. The van der Waals surface area contributed by atoms with Gasteiger partial charge in [0, 0.05) is 11.1 Å². The smallest absolute Gasteiger partial charge is 0.257 e. The molecule has 3 N–H and O–H groups in total. The molecule has 126 valence electrons. The Labute approximate surface area is 158 Å². The number of rotatable bonds is 6. The number of benzene rings is 2. The van der Waals surface area contributed by atoms with E-state index in [0.717, 1.165) is 14.7 Å². The molecule has 0 bridgehead atoms. The molecule has 0 aliphatic carbocycles. The van der Waals surface area contributed by atoms with Gasteiger partial charge in [0.25, 0.3) is 5.91 Å². The minimum absolute atomic E-state index is 0.382. The zero-order valence-electron chi connectivity index (χ0n) is 12.9. The zero-order valence-corrected chi connectivity index (χ0v) is 15.8. The maximum atomic E-state index is 11.2. The summed E-state index contributed by atoms with van der Waals surface area (Å²) in [6, 6.07) is 11.1. The highest BCUT2D eigenvalue weighted by atomic mass is 127. The normalized spacial score (nSPS) is 10.7. The summed E-state index contributed by atoms with van der Waals surface area (Å²) >= 11 is 8.04. The maximum absolute atomic E-state index is 11.2. The van der Waals surface area contributed by atoms with Crippen molar-refractivity contribution in [3.8, 4) is 11.5 Å². The first-order valence-electron chi connectivity index (χ1n) is 6.97. The third-order valence-electron chi connectivity index (χ3n) is 3.12. The van der Waals surface area contributed by atoms with Crippen LogP contribution >= 0.6 is 34.2 Å². The van der Waals surface area contributed by atoms with E-state index in [0.29, 0.717) is 23.1 Å². The highest BCUT2D eigenvalue weighted by Crippen LogP contribution is 2.35. The van der Waals surface area contributed by atoms with Crippen LogP contribution in [0, 0.1) is 3.57 Å². The van der Waals surface area contributed by atoms with E-state index in [4.69, 9.17) is 26.9 Å². The number of nitrogens with two attached hydrogens (primary N) is 1. The second-order valence-corrected chi connectivity index (χ2v) is 6.39. The third kappa shape index (κ3) is 5.12. The van der Waals surface area contributed by atoms with Crippen LogP contribution in [-0.4, -0.2) is 13.0 Å². The van der Waals surface area contributed by atoms with Gasteiger partial charge in [-0.15, -0.1) is 0 Å². The molecule has 0 aliphatic heterocycles. The fourth-order valence-corrected chi connectivity index (χ4v) is 2.84. The number of hydrogen-bond acceptors (Lipinski definition) is 4. The van der Waals surface area contributed by atoms with Gasteiger partial charge in [-0.1, -0.05) is 23.7 Å². The number of hydrazine groups is 1. The van der Waals surface area contributed by atoms with Crippen LogP contribution in [0.5, 0.6) is 11.5 Å². The van der Waals surface area contributed by atoms with Gasteiger partial charge in [-0.3, -0.25) is 10.2 Å². The summed E-state index contributed by atoms with van der Waals surface area (Å²) in [5.41, 5.74) is 3.84. The summed E-state index contributed by atoms with van der Waals surface area (Å²) in [6.07, 6.45) is 2.99. The lowest BCUT2D eigenvalue weighted by molar-refractivity contribution is -0.116. The summed E-state index contributed by atoms with van der Waals surface area (Å²) in [6.45, 7) is 0.397. The van der Waals surface area contributed by atoms with Crippen LogP contribution in [0.2, 0.25) is 5.02 Å². The zero-order chi connectivity index (χ0) is 17.5. The number of nitrogens with one attached hydrogen (secondary N) is 1. The third-order valence-corrected chi connectivity index (χ3v) is 4.17. The molecule has 1 amide bonds. The van der Waals surface area contributed by atoms with Crippen LogP contribution < -0.4 is 20.7 Å². The van der Waals surface area contributed by atoms with Gasteiger partial charge in [-0.05, 0) is 64.1 Å². The van der Waals surface area contributed by atoms with E-state index in [1.165, 1.54) is 6.08 Å². The van der Waals surface area contributed by atoms with Crippen molar-refractivity contribution in [2.45, 2.75) is 6.61 Å². The average Bonchev–Trinajstić information content (AvgIpc) is 2.59. The minimum atomic E-state index is -0.382. The van der Waals surface area contributed by atoms with Crippen LogP contribution in [0.1, 0.15) is 11.1 Å². The number of hydrogen-bond donors (Lipinski definition) is 2. The van der Waals surface area contributed by atoms with E-state index in [1.54, 1.807) is 19.3 Å². The minimum Gasteiger partial charge on any atom is -0.493 e. The number of carbonyl (C=O) groups excluding carboxylic acids is 1. The standard InChI is InChI=1S/C17H16ClIN2O3/c1-23-15-9-12(4-7-16(22)21-20)8-14(19)17(15)24-10-11-2-5-13(18)6-3-11/h2-9H,10,20H2,1H3,(H,21,22)/b7-4+. The Bertz CT molecular complexity index is 748. The molecule has 0 saturated carbocycles. The van der Waals surface area contributed by atoms with Gasteiger partial charge in [0.2, 0.25) is 0 Å². The Morgan fingerprint density at radius 3 is 2.67 bits per heavy atom. The first kappa shape index (κ1) is 18.6. The van der Waals surface area contributed by atoms with Crippen molar-refractivity contribution in [2.24, 2.45) is 5.84 Å². The van der Waals surface area contributed by atoms with Crippen molar-refractivity contribution in [3.63, 3.8) is 0 Å². The van der Waals surface area contributed by atoms with E-state index in [-0.39, 0.29) is 5.91 Å². The second kappa shape index (κ2) is 8.91. The Morgan fingerprint density at radius 1 is 1.33 bits per heavy atom. The topological polar surface area (TPSA) is 73.6 Å². The molecule has 0 spiro atoms. The van der Waals surface area contributed by atoms with E-state index in [1.807, 2.05) is 35.8 Å². The van der Waals surface area contributed by atoms with Gasteiger partial charge < -0.3 is 9.47 Å². The van der Waals surface area contributed by atoms with Gasteiger partial charge in [-0.2, -0.15) is 0 Å². The van der Waals surface area contributed by atoms with Crippen LogP contribution in [-0.2, 0) is 11.4 Å². The van der Waals surface area contributed by atoms with Crippen molar-refractivity contribution in [2.75, 3.05) is 7.11 Å². The maximum Gasteiger partial charge on any atom is 0.257 e. The molecular weight excluding hydrogens is 443 g/mol. The van der Waals surface area contributed by atoms with Crippen molar-refractivity contribution in [1.82, 2.24) is 5.43 Å². The van der Waals surface area contributed by atoms with Gasteiger partial charge in [0.15, 0.2) is 11.5 Å². The Balaban J connectivity index is 2.18. The fourth-order valence-electron chi connectivity index (χ4n) is 1.93. The van der Waals surface area contributed by atoms with Gasteiger partial charge >= 0.3 is 0 Å². The molecule has 2 aromatic carbocycles. The largest absolute Gasteiger partial charge is 0.493 e. The molecule has 5 nitrogen and oxygen atoms in total. The van der Waals surface area contributed by atoms with Gasteiger partial charge in [-0.25, -0.2) is 5.84 Å². The summed E-state index contributed by atoms with van der Waals surface area (Å²) < 4.78 is 12.2. The fraction of sp³-hybridized carbons (Fsp3) is 0.118. The molecule has 0 aliphatic rings. The van der Waals surface area contributed by atoms with E-state index < -0.39 is 0 Å². The monoisotopic (exact) mass is 458 g/mol. The molecule has 0 saturated heterocycles. The van der Waals surface area contributed by atoms with Crippen molar-refractivity contribution in [3.05, 3.63) is 62.2 Å². The number of methoxy groups -OCH3 is 1. The van der Waals surface area contributed by atoms with Crippen molar-refractivity contribution >= 4 is 46.2 Å². The summed E-state index contributed by atoms with van der Waals surface area (Å²) in [7, 11) is 1.57. The Morgan fingerprint density at radius 2 is 2.04 bits per heavy atom. The first-order valence-corrected chi connectivity index (χ1v) is 8.42. The molecule has 7 heteroatoms.